The molecule has 0 saturated heterocycles. The zero-order valence-electron chi connectivity index (χ0n) is 10.3. The number of rotatable bonds is 5. The molecule has 5 heteroatoms. The Hall–Kier alpha value is -0.930. The molecule has 1 aliphatic rings. The van der Waals surface area contributed by atoms with Gasteiger partial charge in [0.05, 0.1) is 25.5 Å². The van der Waals surface area contributed by atoms with Gasteiger partial charge in [-0.05, 0) is 11.6 Å². The predicted octanol–water partition coefficient (Wildman–Crippen LogP) is 2.39. The van der Waals surface area contributed by atoms with Crippen LogP contribution in [0.3, 0.4) is 0 Å². The summed E-state index contributed by atoms with van der Waals surface area (Å²) >= 11 is 0. The summed E-state index contributed by atoms with van der Waals surface area (Å²) in [5.41, 5.74) is 1.06. The lowest BCUT2D eigenvalue weighted by Gasteiger charge is -2.14. The molecule has 0 bridgehead atoms. The molecule has 0 saturated carbocycles. The molecule has 2 rings (SSSR count). The first-order valence-electron chi connectivity index (χ1n) is 5.80. The molecule has 1 N–H and O–H groups in total. The number of aliphatic hydroxyl groups excluding tert-OH is 1. The third-order valence-electron chi connectivity index (χ3n) is 2.91. The zero-order chi connectivity index (χ0) is 13.0. The third-order valence-corrected chi connectivity index (χ3v) is 5.50. The number of hydrogen-bond acceptors (Lipinski definition) is 4. The van der Waals surface area contributed by atoms with Crippen molar-refractivity contribution in [3.05, 3.63) is 47.3 Å². The van der Waals surface area contributed by atoms with Crippen molar-refractivity contribution in [2.24, 2.45) is 0 Å². The van der Waals surface area contributed by atoms with Gasteiger partial charge in [-0.3, -0.25) is 4.57 Å². The lowest BCUT2D eigenvalue weighted by molar-refractivity contribution is 0.145. The maximum absolute atomic E-state index is 12.2. The Morgan fingerprint density at radius 2 is 2.06 bits per heavy atom. The van der Waals surface area contributed by atoms with E-state index in [-0.39, 0.29) is 12.8 Å². The van der Waals surface area contributed by atoms with Crippen molar-refractivity contribution in [3.8, 4) is 0 Å². The number of hydrogen-bond donors (Lipinski definition) is 1. The van der Waals surface area contributed by atoms with Crippen LogP contribution in [0.2, 0.25) is 0 Å². The van der Waals surface area contributed by atoms with Gasteiger partial charge in [0.15, 0.2) is 0 Å². The topological polar surface area (TPSA) is 55.8 Å². The van der Waals surface area contributed by atoms with Crippen molar-refractivity contribution in [1.82, 2.24) is 0 Å². The van der Waals surface area contributed by atoms with E-state index in [1.807, 2.05) is 30.3 Å². The first-order valence-corrected chi connectivity index (χ1v) is 7.61. The van der Waals surface area contributed by atoms with Crippen LogP contribution >= 0.6 is 7.37 Å². The quantitative estimate of drug-likeness (QED) is 0.833. The van der Waals surface area contributed by atoms with Crippen molar-refractivity contribution in [3.63, 3.8) is 0 Å². The second-order valence-electron chi connectivity index (χ2n) is 4.24. The molecule has 0 aliphatic carbocycles. The molecular weight excluding hydrogens is 251 g/mol. The fourth-order valence-electron chi connectivity index (χ4n) is 1.94. The standard InChI is InChI=1S/C13H17O4P/c1-16-18(15)10-12(14)7-13(18)9-17-8-11-5-3-2-4-6-11/h2-7,12,14H,8-10H2,1H3/t12?,18-/m1/s1. The van der Waals surface area contributed by atoms with E-state index in [4.69, 9.17) is 9.26 Å². The summed E-state index contributed by atoms with van der Waals surface area (Å²) in [5, 5.41) is 10.1. The number of ether oxygens (including phenoxy) is 1. The normalized spacial score (nSPS) is 27.2. The third kappa shape index (κ3) is 3.09. The predicted molar refractivity (Wildman–Crippen MR) is 69.7 cm³/mol. The van der Waals surface area contributed by atoms with Gasteiger partial charge in [-0.25, -0.2) is 0 Å². The minimum absolute atomic E-state index is 0.160. The highest BCUT2D eigenvalue weighted by molar-refractivity contribution is 7.63. The van der Waals surface area contributed by atoms with Gasteiger partial charge >= 0.3 is 0 Å². The van der Waals surface area contributed by atoms with Crippen LogP contribution in [-0.2, 0) is 20.4 Å². The van der Waals surface area contributed by atoms with Crippen LogP contribution in [0.15, 0.2) is 41.7 Å². The molecule has 1 unspecified atom stereocenters. The minimum atomic E-state index is -2.85. The fraction of sp³-hybridized carbons (Fsp3) is 0.385. The van der Waals surface area contributed by atoms with Crippen LogP contribution in [0.1, 0.15) is 5.56 Å². The Kier molecular flexibility index (Phi) is 4.36. The summed E-state index contributed by atoms with van der Waals surface area (Å²) < 4.78 is 22.8. The Bertz CT molecular complexity index is 469. The van der Waals surface area contributed by atoms with Crippen LogP contribution in [0.25, 0.3) is 0 Å². The highest BCUT2D eigenvalue weighted by atomic mass is 31.2. The molecular formula is C13H17O4P. The summed E-state index contributed by atoms with van der Waals surface area (Å²) in [7, 11) is -1.45. The van der Waals surface area contributed by atoms with E-state index < -0.39 is 13.5 Å². The van der Waals surface area contributed by atoms with E-state index in [0.717, 1.165) is 5.56 Å². The Balaban J connectivity index is 1.90. The van der Waals surface area contributed by atoms with Crippen molar-refractivity contribution < 1.29 is 18.9 Å². The number of benzene rings is 1. The molecule has 0 fully saturated rings. The summed E-state index contributed by atoms with van der Waals surface area (Å²) in [6, 6.07) is 9.76. The highest BCUT2D eigenvalue weighted by Gasteiger charge is 2.36. The van der Waals surface area contributed by atoms with Gasteiger partial charge in [0.25, 0.3) is 0 Å². The average molecular weight is 268 g/mol. The van der Waals surface area contributed by atoms with Crippen molar-refractivity contribution in [2.45, 2.75) is 12.7 Å². The van der Waals surface area contributed by atoms with E-state index in [1.54, 1.807) is 6.08 Å². The molecule has 2 atom stereocenters. The second-order valence-corrected chi connectivity index (χ2v) is 6.89. The Morgan fingerprint density at radius 1 is 1.33 bits per heavy atom. The van der Waals surface area contributed by atoms with Crippen molar-refractivity contribution >= 4 is 7.37 Å². The molecule has 18 heavy (non-hydrogen) atoms. The van der Waals surface area contributed by atoms with Crippen LogP contribution < -0.4 is 0 Å². The minimum Gasteiger partial charge on any atom is -0.388 e. The summed E-state index contributed by atoms with van der Waals surface area (Å²) in [6.07, 6.45) is 1.05. The fourth-order valence-corrected chi connectivity index (χ4v) is 3.84. The van der Waals surface area contributed by atoms with Crippen molar-refractivity contribution in [1.29, 1.82) is 0 Å². The van der Waals surface area contributed by atoms with Gasteiger partial charge in [0.2, 0.25) is 7.37 Å². The molecule has 1 heterocycles. The van der Waals surface area contributed by atoms with E-state index in [9.17, 15) is 9.67 Å². The first kappa shape index (κ1) is 13.5. The molecule has 1 aromatic rings. The Morgan fingerprint density at radius 3 is 2.72 bits per heavy atom. The maximum atomic E-state index is 12.2. The van der Waals surface area contributed by atoms with E-state index >= 15 is 0 Å². The monoisotopic (exact) mass is 268 g/mol. The zero-order valence-corrected chi connectivity index (χ0v) is 11.2. The van der Waals surface area contributed by atoms with Gasteiger partial charge in [-0.2, -0.15) is 0 Å². The van der Waals surface area contributed by atoms with Crippen LogP contribution in [-0.4, -0.2) is 31.1 Å². The SMILES string of the molecule is CO[P@]1(=O)CC(O)C=C1COCc1ccccc1. The van der Waals surface area contributed by atoms with Gasteiger partial charge < -0.3 is 14.4 Å². The lowest BCUT2D eigenvalue weighted by atomic mass is 10.2. The lowest BCUT2D eigenvalue weighted by Crippen LogP contribution is -2.03. The highest BCUT2D eigenvalue weighted by Crippen LogP contribution is 2.58. The molecule has 1 aliphatic heterocycles. The van der Waals surface area contributed by atoms with Crippen LogP contribution in [0, 0.1) is 0 Å². The molecule has 0 amide bonds. The molecule has 0 aromatic heterocycles. The maximum Gasteiger partial charge on any atom is 0.232 e. The first-order chi connectivity index (χ1) is 8.64. The van der Waals surface area contributed by atoms with Crippen LogP contribution in [0.5, 0.6) is 0 Å². The smallest absolute Gasteiger partial charge is 0.232 e. The van der Waals surface area contributed by atoms with Gasteiger partial charge in [-0.1, -0.05) is 30.3 Å². The van der Waals surface area contributed by atoms with E-state index in [0.29, 0.717) is 11.9 Å². The molecule has 98 valence electrons. The average Bonchev–Trinajstić information content (AvgIpc) is 2.66. The molecule has 4 nitrogen and oxygen atoms in total. The molecule has 0 spiro atoms. The number of aliphatic hydroxyl groups is 1. The molecule has 0 radical (unpaired) electrons. The van der Waals surface area contributed by atoms with Crippen LogP contribution in [0.4, 0.5) is 0 Å². The van der Waals surface area contributed by atoms with Crippen molar-refractivity contribution in [2.75, 3.05) is 19.9 Å². The second kappa shape index (κ2) is 5.81. The summed E-state index contributed by atoms with van der Waals surface area (Å²) in [5.74, 6) is 0. The molecule has 1 aromatic carbocycles. The van der Waals surface area contributed by atoms with Gasteiger partial charge in [0.1, 0.15) is 0 Å². The van der Waals surface area contributed by atoms with Gasteiger partial charge in [-0.15, -0.1) is 0 Å². The van der Waals surface area contributed by atoms with E-state index in [1.165, 1.54) is 7.11 Å². The largest absolute Gasteiger partial charge is 0.388 e. The van der Waals surface area contributed by atoms with E-state index in [2.05, 4.69) is 0 Å². The van der Waals surface area contributed by atoms with Gasteiger partial charge in [0, 0.05) is 12.4 Å². The summed E-state index contributed by atoms with van der Waals surface area (Å²) in [4.78, 5) is 0. The summed E-state index contributed by atoms with van der Waals surface area (Å²) in [6.45, 7) is 0.690. The Labute approximate surface area is 107 Å².